The Kier molecular flexibility index (Phi) is 6.20. The summed E-state index contributed by atoms with van der Waals surface area (Å²) in [6, 6.07) is 14.3. The number of hydrogen-bond acceptors (Lipinski definition) is 4. The van der Waals surface area contributed by atoms with E-state index in [0.29, 0.717) is 38.2 Å². The van der Waals surface area contributed by atoms with Crippen LogP contribution in [0.1, 0.15) is 30.0 Å². The van der Waals surface area contributed by atoms with Gasteiger partial charge in [-0.2, -0.15) is 13.2 Å². The topological polar surface area (TPSA) is 57.7 Å². The van der Waals surface area contributed by atoms with Crippen LogP contribution in [0.5, 0.6) is 0 Å². The maximum Gasteiger partial charge on any atom is 0.416 e. The van der Waals surface area contributed by atoms with Crippen molar-refractivity contribution in [3.8, 4) is 0 Å². The molecule has 0 aliphatic carbocycles. The lowest BCUT2D eigenvalue weighted by atomic mass is 9.96. The van der Waals surface area contributed by atoms with Gasteiger partial charge in [-0.05, 0) is 36.6 Å². The summed E-state index contributed by atoms with van der Waals surface area (Å²) in [6.07, 6.45) is -3.79. The molecule has 0 bridgehead atoms. The average Bonchev–Trinajstić information content (AvgIpc) is 2.78. The third kappa shape index (κ3) is 4.92. The van der Waals surface area contributed by atoms with Crippen LogP contribution in [-0.2, 0) is 20.8 Å². The SMILES string of the molecule is O=C(C1CCS(=O)(=O)CC1)N1CCN(c2cccc(C(F)(F)F)c2)CC1c1ccccc1. The van der Waals surface area contributed by atoms with E-state index in [1.54, 1.807) is 11.0 Å². The Morgan fingerprint density at radius 3 is 2.28 bits per heavy atom. The zero-order valence-electron chi connectivity index (χ0n) is 17.5. The molecule has 4 rings (SSSR count). The van der Waals surface area contributed by atoms with Crippen LogP contribution >= 0.6 is 0 Å². The number of carbonyl (C=O) groups excluding carboxylic acids is 1. The molecule has 0 saturated carbocycles. The molecule has 0 aromatic heterocycles. The lowest BCUT2D eigenvalue weighted by molar-refractivity contribution is -0.139. The quantitative estimate of drug-likeness (QED) is 0.688. The normalized spacial score (nSPS) is 22.0. The van der Waals surface area contributed by atoms with Crippen LogP contribution in [-0.4, -0.2) is 50.4 Å². The van der Waals surface area contributed by atoms with Crippen molar-refractivity contribution in [1.29, 1.82) is 0 Å². The number of piperazine rings is 1. The van der Waals surface area contributed by atoms with Crippen molar-refractivity contribution in [2.75, 3.05) is 36.0 Å². The first kappa shape index (κ1) is 22.6. The number of alkyl halides is 3. The molecule has 172 valence electrons. The first-order chi connectivity index (χ1) is 15.1. The number of amides is 1. The number of hydrogen-bond donors (Lipinski definition) is 0. The van der Waals surface area contributed by atoms with Crippen molar-refractivity contribution >= 4 is 21.4 Å². The van der Waals surface area contributed by atoms with Crippen molar-refractivity contribution in [1.82, 2.24) is 4.90 Å². The number of halogens is 3. The van der Waals surface area contributed by atoms with Gasteiger partial charge in [0.05, 0.1) is 23.1 Å². The van der Waals surface area contributed by atoms with E-state index >= 15 is 0 Å². The second kappa shape index (κ2) is 8.77. The van der Waals surface area contributed by atoms with Crippen LogP contribution in [0.25, 0.3) is 0 Å². The predicted molar refractivity (Wildman–Crippen MR) is 116 cm³/mol. The molecular formula is C23H25F3N2O3S. The van der Waals surface area contributed by atoms with Crippen LogP contribution in [0, 0.1) is 5.92 Å². The molecule has 0 N–H and O–H groups in total. The lowest BCUT2D eigenvalue weighted by Crippen LogP contribution is -2.53. The van der Waals surface area contributed by atoms with Crippen LogP contribution in [0.3, 0.4) is 0 Å². The molecule has 0 spiro atoms. The molecule has 1 unspecified atom stereocenters. The van der Waals surface area contributed by atoms with Crippen molar-refractivity contribution in [2.24, 2.45) is 5.92 Å². The van der Waals surface area contributed by atoms with Gasteiger partial charge in [0.1, 0.15) is 9.84 Å². The maximum absolute atomic E-state index is 13.3. The number of sulfone groups is 1. The largest absolute Gasteiger partial charge is 0.416 e. The minimum absolute atomic E-state index is 0.0175. The summed E-state index contributed by atoms with van der Waals surface area (Å²) in [6.45, 7) is 1.13. The summed E-state index contributed by atoms with van der Waals surface area (Å²) in [5.74, 6) is -0.380. The van der Waals surface area contributed by atoms with E-state index in [9.17, 15) is 26.4 Å². The van der Waals surface area contributed by atoms with Crippen LogP contribution in [0.2, 0.25) is 0 Å². The molecule has 2 fully saturated rings. The first-order valence-corrected chi connectivity index (χ1v) is 12.4. The second-order valence-electron chi connectivity index (χ2n) is 8.38. The third-order valence-electron chi connectivity index (χ3n) is 6.29. The fraction of sp³-hybridized carbons (Fsp3) is 0.435. The molecule has 2 aliphatic heterocycles. The minimum Gasteiger partial charge on any atom is -0.367 e. The van der Waals surface area contributed by atoms with E-state index in [-0.39, 0.29) is 29.4 Å². The van der Waals surface area contributed by atoms with Crippen molar-refractivity contribution in [3.05, 3.63) is 65.7 Å². The van der Waals surface area contributed by atoms with Gasteiger partial charge in [0, 0.05) is 31.2 Å². The zero-order chi connectivity index (χ0) is 22.9. The number of rotatable bonds is 3. The molecule has 1 atom stereocenters. The molecule has 2 aromatic carbocycles. The van der Waals surface area contributed by atoms with E-state index in [0.717, 1.165) is 17.7 Å². The van der Waals surface area contributed by atoms with E-state index in [4.69, 9.17) is 0 Å². The number of benzene rings is 2. The summed E-state index contributed by atoms with van der Waals surface area (Å²) in [5.41, 5.74) is 0.672. The molecule has 2 heterocycles. The van der Waals surface area contributed by atoms with Crippen molar-refractivity contribution in [3.63, 3.8) is 0 Å². The number of anilines is 1. The molecule has 32 heavy (non-hydrogen) atoms. The van der Waals surface area contributed by atoms with Crippen molar-refractivity contribution in [2.45, 2.75) is 25.1 Å². The first-order valence-electron chi connectivity index (χ1n) is 10.6. The molecule has 2 aliphatic rings. The Labute approximate surface area is 185 Å². The predicted octanol–water partition coefficient (Wildman–Crippen LogP) is 3.92. The second-order valence-corrected chi connectivity index (χ2v) is 10.7. The van der Waals surface area contributed by atoms with Gasteiger partial charge >= 0.3 is 6.18 Å². The van der Waals surface area contributed by atoms with Gasteiger partial charge in [-0.3, -0.25) is 4.79 Å². The highest BCUT2D eigenvalue weighted by Crippen LogP contribution is 2.35. The number of carbonyl (C=O) groups is 1. The highest BCUT2D eigenvalue weighted by molar-refractivity contribution is 7.91. The van der Waals surface area contributed by atoms with Gasteiger partial charge in [-0.25, -0.2) is 8.42 Å². The summed E-state index contributed by atoms with van der Waals surface area (Å²) in [5, 5.41) is 0. The molecule has 1 amide bonds. The Morgan fingerprint density at radius 2 is 1.62 bits per heavy atom. The highest BCUT2D eigenvalue weighted by atomic mass is 32.2. The fourth-order valence-electron chi connectivity index (χ4n) is 4.49. The summed E-state index contributed by atoms with van der Waals surface area (Å²) in [4.78, 5) is 17.0. The van der Waals surface area contributed by atoms with E-state index in [1.165, 1.54) is 6.07 Å². The van der Waals surface area contributed by atoms with E-state index in [2.05, 4.69) is 0 Å². The Morgan fingerprint density at radius 1 is 0.938 bits per heavy atom. The van der Waals surface area contributed by atoms with Crippen LogP contribution in [0.4, 0.5) is 18.9 Å². The van der Waals surface area contributed by atoms with Crippen molar-refractivity contribution < 1.29 is 26.4 Å². The molecular weight excluding hydrogens is 441 g/mol. The van der Waals surface area contributed by atoms with Gasteiger partial charge in [0.2, 0.25) is 5.91 Å². The third-order valence-corrected chi connectivity index (χ3v) is 8.01. The highest BCUT2D eigenvalue weighted by Gasteiger charge is 2.38. The number of nitrogens with zero attached hydrogens (tertiary/aromatic N) is 2. The minimum atomic E-state index is -4.42. The monoisotopic (exact) mass is 466 g/mol. The smallest absolute Gasteiger partial charge is 0.367 e. The summed E-state index contributed by atoms with van der Waals surface area (Å²) >= 11 is 0. The molecule has 9 heteroatoms. The Bertz CT molecular complexity index is 1060. The Hall–Kier alpha value is -2.55. The van der Waals surface area contributed by atoms with E-state index < -0.39 is 21.6 Å². The summed E-state index contributed by atoms with van der Waals surface area (Å²) < 4.78 is 63.1. The zero-order valence-corrected chi connectivity index (χ0v) is 18.3. The lowest BCUT2D eigenvalue weighted by Gasteiger charge is -2.44. The van der Waals surface area contributed by atoms with Gasteiger partial charge in [-0.15, -0.1) is 0 Å². The fourth-order valence-corrected chi connectivity index (χ4v) is 5.98. The summed E-state index contributed by atoms with van der Waals surface area (Å²) in [7, 11) is -3.08. The van der Waals surface area contributed by atoms with Gasteiger partial charge in [0.25, 0.3) is 0 Å². The van der Waals surface area contributed by atoms with Gasteiger partial charge in [-0.1, -0.05) is 36.4 Å². The average molecular weight is 467 g/mol. The van der Waals surface area contributed by atoms with E-state index in [1.807, 2.05) is 35.2 Å². The van der Waals surface area contributed by atoms with Crippen LogP contribution < -0.4 is 4.90 Å². The molecule has 2 aromatic rings. The Balaban J connectivity index is 1.58. The van der Waals surface area contributed by atoms with Gasteiger partial charge < -0.3 is 9.80 Å². The van der Waals surface area contributed by atoms with Crippen LogP contribution in [0.15, 0.2) is 54.6 Å². The van der Waals surface area contributed by atoms with Gasteiger partial charge in [0.15, 0.2) is 0 Å². The maximum atomic E-state index is 13.3. The molecule has 5 nitrogen and oxygen atoms in total. The molecule has 0 radical (unpaired) electrons. The standard InChI is InChI=1S/C23H25F3N2O3S/c24-23(25,26)19-7-4-8-20(15-19)27-11-12-28(21(16-27)17-5-2-1-3-6-17)22(29)18-9-13-32(30,31)14-10-18/h1-8,15,18,21H,9-14,16H2. The molecule has 2 saturated heterocycles.